The Kier molecular flexibility index (Phi) is 8.81. The van der Waals surface area contributed by atoms with E-state index >= 15 is 0 Å². The van der Waals surface area contributed by atoms with Crippen LogP contribution in [0.25, 0.3) is 10.9 Å². The Labute approximate surface area is 219 Å². The van der Waals surface area contributed by atoms with Gasteiger partial charge in [-0.05, 0) is 35.9 Å². The number of carboxylic acid groups (broad SMARTS) is 1. The summed E-state index contributed by atoms with van der Waals surface area (Å²) >= 11 is 0. The smallest absolute Gasteiger partial charge is 0.387 e. The fourth-order valence-corrected chi connectivity index (χ4v) is 3.99. The van der Waals surface area contributed by atoms with Crippen LogP contribution in [0, 0.1) is 5.82 Å². The van der Waals surface area contributed by atoms with Gasteiger partial charge >= 0.3 is 12.6 Å². The lowest BCUT2D eigenvalue weighted by atomic mass is 10.0. The first kappa shape index (κ1) is 27.6. The van der Waals surface area contributed by atoms with Crippen LogP contribution in [-0.2, 0) is 16.1 Å². The van der Waals surface area contributed by atoms with Crippen LogP contribution in [0.3, 0.4) is 0 Å². The maximum absolute atomic E-state index is 14.4. The number of aliphatic carboxylic acids is 1. The number of aromatic amines is 1. The van der Waals surface area contributed by atoms with E-state index in [9.17, 15) is 32.3 Å². The van der Waals surface area contributed by atoms with Crippen molar-refractivity contribution in [3.8, 4) is 5.75 Å². The number of ether oxygens (including phenoxy) is 1. The molecule has 1 aromatic heterocycles. The first-order valence-corrected chi connectivity index (χ1v) is 11.8. The number of fused-ring (bicyclic) bond motifs is 1. The van der Waals surface area contributed by atoms with Crippen LogP contribution in [0.15, 0.2) is 41.5 Å². The van der Waals surface area contributed by atoms with Crippen LogP contribution in [0.4, 0.5) is 23.2 Å². The van der Waals surface area contributed by atoms with Crippen LogP contribution >= 0.6 is 0 Å². The molecule has 0 fully saturated rings. The molecular formula is C24H25F4N7O4. The number of halogens is 4. The molecule has 0 saturated carbocycles. The second-order valence-electron chi connectivity index (χ2n) is 8.65. The number of guanidine groups is 1. The molecule has 1 aliphatic heterocycles. The van der Waals surface area contributed by atoms with Crippen molar-refractivity contribution in [3.05, 3.63) is 53.5 Å². The minimum atomic E-state index is -3.16. The quantitative estimate of drug-likeness (QED) is 0.199. The predicted molar refractivity (Wildman–Crippen MR) is 133 cm³/mol. The van der Waals surface area contributed by atoms with Crippen molar-refractivity contribution in [2.24, 2.45) is 4.99 Å². The highest BCUT2D eigenvalue weighted by molar-refractivity contribution is 6.02. The minimum absolute atomic E-state index is 0.0382. The van der Waals surface area contributed by atoms with E-state index in [1.54, 1.807) is 12.3 Å². The summed E-state index contributed by atoms with van der Waals surface area (Å²) < 4.78 is 57.1. The summed E-state index contributed by atoms with van der Waals surface area (Å²) in [4.78, 5) is 28.0. The van der Waals surface area contributed by atoms with Crippen molar-refractivity contribution in [2.45, 2.75) is 31.8 Å². The first-order chi connectivity index (χ1) is 18.7. The number of H-pyrrole nitrogens is 1. The zero-order valence-corrected chi connectivity index (χ0v) is 20.3. The molecule has 39 heavy (non-hydrogen) atoms. The van der Waals surface area contributed by atoms with Gasteiger partial charge in [0.05, 0.1) is 49.5 Å². The fourth-order valence-electron chi connectivity index (χ4n) is 3.99. The summed E-state index contributed by atoms with van der Waals surface area (Å²) in [7, 11) is 0. The molecule has 3 aromatic rings. The van der Waals surface area contributed by atoms with Gasteiger partial charge in [-0.15, -0.1) is 0 Å². The van der Waals surface area contributed by atoms with Gasteiger partial charge in [0.25, 0.3) is 0 Å². The van der Waals surface area contributed by atoms with Crippen LogP contribution in [-0.4, -0.2) is 65.6 Å². The molecule has 11 nitrogen and oxygen atoms in total. The second-order valence-corrected chi connectivity index (χ2v) is 8.65. The van der Waals surface area contributed by atoms with Gasteiger partial charge in [-0.25, -0.2) is 13.8 Å². The Morgan fingerprint density at radius 3 is 2.77 bits per heavy atom. The first-order valence-electron chi connectivity index (χ1n) is 11.8. The highest BCUT2D eigenvalue weighted by Crippen LogP contribution is 2.27. The number of hydrogen-bond acceptors (Lipinski definition) is 8. The van der Waals surface area contributed by atoms with Gasteiger partial charge in [0.2, 0.25) is 5.91 Å². The van der Waals surface area contributed by atoms with Crippen LogP contribution in [0.1, 0.15) is 23.6 Å². The Bertz CT molecular complexity index is 1370. The number of hydrogen-bond donors (Lipinski definition) is 6. The van der Waals surface area contributed by atoms with Gasteiger partial charge in [-0.2, -0.15) is 13.9 Å². The van der Waals surface area contributed by atoms with Gasteiger partial charge in [0.15, 0.2) is 5.96 Å². The molecule has 2 atom stereocenters. The topological polar surface area (TPSA) is 153 Å². The Morgan fingerprint density at radius 2 is 2.05 bits per heavy atom. The van der Waals surface area contributed by atoms with Crippen LogP contribution in [0.2, 0.25) is 0 Å². The molecular weight excluding hydrogens is 526 g/mol. The van der Waals surface area contributed by atoms with E-state index in [0.29, 0.717) is 17.2 Å². The number of carbonyl (C=O) groups is 2. The molecule has 2 aromatic carbocycles. The highest BCUT2D eigenvalue weighted by Gasteiger charge is 2.23. The normalized spacial score (nSPS) is 15.9. The Balaban J connectivity index is 1.40. The number of aromatic nitrogens is 2. The van der Waals surface area contributed by atoms with Gasteiger partial charge in [-0.1, -0.05) is 0 Å². The van der Waals surface area contributed by atoms with Gasteiger partial charge < -0.3 is 31.1 Å². The van der Waals surface area contributed by atoms with Crippen molar-refractivity contribution in [3.63, 3.8) is 0 Å². The highest BCUT2D eigenvalue weighted by atomic mass is 19.3. The number of benzene rings is 2. The molecule has 6 N–H and O–H groups in total. The number of aliphatic imine (C=N–C) groups is 1. The number of nitrogens with one attached hydrogen (secondary N) is 5. The number of carbonyl (C=O) groups excluding carboxylic acids is 1. The van der Waals surface area contributed by atoms with Crippen molar-refractivity contribution >= 4 is 34.4 Å². The summed E-state index contributed by atoms with van der Waals surface area (Å²) in [5.74, 6) is -2.83. The van der Waals surface area contributed by atoms with E-state index in [2.05, 4.69) is 41.2 Å². The third-order valence-electron chi connectivity index (χ3n) is 5.71. The largest absolute Gasteiger partial charge is 0.481 e. The van der Waals surface area contributed by atoms with Crippen molar-refractivity contribution in [1.82, 2.24) is 26.1 Å². The van der Waals surface area contributed by atoms with E-state index in [0.717, 1.165) is 29.1 Å². The van der Waals surface area contributed by atoms with Gasteiger partial charge in [0.1, 0.15) is 17.7 Å². The zero-order chi connectivity index (χ0) is 27.9. The number of nitrogens with zero attached hydrogens (tertiary/aromatic N) is 2. The molecule has 15 heteroatoms. The molecule has 0 saturated heterocycles. The van der Waals surface area contributed by atoms with E-state index in [-0.39, 0.29) is 37.5 Å². The third kappa shape index (κ3) is 7.56. The van der Waals surface area contributed by atoms with Crippen LogP contribution < -0.4 is 26.0 Å². The summed E-state index contributed by atoms with van der Waals surface area (Å²) in [6.07, 6.45) is -0.132. The van der Waals surface area contributed by atoms with E-state index in [1.165, 1.54) is 0 Å². The molecule has 0 spiro atoms. The maximum Gasteiger partial charge on any atom is 0.387 e. The SMILES string of the molecule is O=C(O)C[C@H](NC(=O)CNCc1cc(NC2=NCC(F)CN2)c2cn[nH]c2c1)c1cc(OC(F)F)ccc1F. The lowest BCUT2D eigenvalue weighted by molar-refractivity contribution is -0.137. The fraction of sp³-hybridized carbons (Fsp3) is 0.333. The Morgan fingerprint density at radius 1 is 1.23 bits per heavy atom. The molecule has 0 bridgehead atoms. The van der Waals surface area contributed by atoms with Crippen LogP contribution in [0.5, 0.6) is 5.75 Å². The van der Waals surface area contributed by atoms with Crippen molar-refractivity contribution < 1.29 is 37.0 Å². The molecule has 0 radical (unpaired) electrons. The predicted octanol–water partition coefficient (Wildman–Crippen LogP) is 2.43. The molecule has 1 aliphatic rings. The lowest BCUT2D eigenvalue weighted by Crippen LogP contribution is -2.41. The third-order valence-corrected chi connectivity index (χ3v) is 5.71. The number of anilines is 1. The number of carboxylic acids is 1. The molecule has 208 valence electrons. The number of rotatable bonds is 11. The monoisotopic (exact) mass is 551 g/mol. The molecule has 2 heterocycles. The summed E-state index contributed by atoms with van der Waals surface area (Å²) in [6.45, 7) is -3.05. The summed E-state index contributed by atoms with van der Waals surface area (Å²) in [5.41, 5.74) is 1.78. The van der Waals surface area contributed by atoms with E-state index < -0.39 is 42.9 Å². The van der Waals surface area contributed by atoms with Gasteiger partial charge in [0, 0.05) is 17.5 Å². The van der Waals surface area contributed by atoms with Crippen molar-refractivity contribution in [2.75, 3.05) is 25.0 Å². The maximum atomic E-state index is 14.4. The molecule has 4 rings (SSSR count). The minimum Gasteiger partial charge on any atom is -0.481 e. The average Bonchev–Trinajstić information content (AvgIpc) is 3.35. The van der Waals surface area contributed by atoms with E-state index in [4.69, 9.17) is 0 Å². The summed E-state index contributed by atoms with van der Waals surface area (Å²) in [5, 5.41) is 28.2. The van der Waals surface area contributed by atoms with Gasteiger partial charge in [-0.3, -0.25) is 14.7 Å². The zero-order valence-electron chi connectivity index (χ0n) is 20.3. The second kappa shape index (κ2) is 12.4. The molecule has 1 amide bonds. The Hall–Kier alpha value is -4.40. The number of amides is 1. The standard InChI is InChI=1S/C24H25F4N7O4/c25-13-8-30-24(31-9-13)34-18-3-12(4-20-16(18)10-32-35-20)7-29-11-21(36)33-19(6-22(37)38)15-5-14(39-23(27)28)1-2-17(15)26/h1-5,10,13,19,23,29H,6-9,11H2,(H,32,35)(H,33,36)(H,37,38)(H2,30,31,34)/t19-/m0/s1. The lowest BCUT2D eigenvalue weighted by Gasteiger charge is -2.20. The summed E-state index contributed by atoms with van der Waals surface area (Å²) in [6, 6.07) is 5.03. The van der Waals surface area contributed by atoms with E-state index in [1.807, 2.05) is 6.07 Å². The molecule has 0 aliphatic carbocycles. The number of alkyl halides is 3. The molecule has 1 unspecified atom stereocenters. The average molecular weight is 552 g/mol. The van der Waals surface area contributed by atoms with Crippen molar-refractivity contribution in [1.29, 1.82) is 0 Å².